The number of fused-ring (bicyclic) bond motifs is 2. The average Bonchev–Trinajstić information content (AvgIpc) is 3.48. The van der Waals surface area contributed by atoms with Crippen LogP contribution in [0.1, 0.15) is 67.3 Å². The van der Waals surface area contributed by atoms with E-state index in [-0.39, 0.29) is 37.3 Å². The summed E-state index contributed by atoms with van der Waals surface area (Å²) < 4.78 is 43.7. The smallest absolute Gasteiger partial charge is 0.257 e. The minimum Gasteiger partial charge on any atom is -0.371 e. The molecule has 0 atom stereocenters. The van der Waals surface area contributed by atoms with Gasteiger partial charge in [-0.2, -0.15) is 0 Å². The summed E-state index contributed by atoms with van der Waals surface area (Å²) in [5, 5.41) is 2.88. The van der Waals surface area contributed by atoms with Gasteiger partial charge in [0.25, 0.3) is 5.91 Å². The maximum absolute atomic E-state index is 15.0. The number of halogens is 4. The zero-order valence-electron chi connectivity index (χ0n) is 19.3. The first-order chi connectivity index (χ1) is 16.7. The summed E-state index contributed by atoms with van der Waals surface area (Å²) in [5.74, 6) is -3.54. The predicted molar refractivity (Wildman–Crippen MR) is 140 cm³/mol. The molecule has 2 aromatic rings. The SMILES string of the molecule is O=C(Nc1cc(F)c2c(c1)C1(C=N2)CCC(F)(F)CC1)c1ccc(I)cc1N1CCC2(CC1)CC2. The Kier molecular flexibility index (Phi) is 5.47. The number of amides is 1. The summed E-state index contributed by atoms with van der Waals surface area (Å²) in [6.45, 7) is 1.86. The van der Waals surface area contributed by atoms with E-state index in [9.17, 15) is 18.0 Å². The van der Waals surface area contributed by atoms with Crippen LogP contribution in [0.2, 0.25) is 0 Å². The lowest BCUT2D eigenvalue weighted by molar-refractivity contribution is -0.0432. The van der Waals surface area contributed by atoms with E-state index in [1.807, 2.05) is 18.2 Å². The first-order valence-electron chi connectivity index (χ1n) is 12.3. The van der Waals surface area contributed by atoms with Crippen LogP contribution >= 0.6 is 22.6 Å². The quantitative estimate of drug-likeness (QED) is 0.382. The molecule has 4 aliphatic rings. The van der Waals surface area contributed by atoms with Crippen molar-refractivity contribution < 1.29 is 18.0 Å². The molecule has 0 radical (unpaired) electrons. The van der Waals surface area contributed by atoms with Gasteiger partial charge in [0.2, 0.25) is 5.92 Å². The third-order valence-electron chi connectivity index (χ3n) is 8.50. The fourth-order valence-electron chi connectivity index (χ4n) is 5.96. The van der Waals surface area contributed by atoms with Crippen molar-refractivity contribution in [2.75, 3.05) is 23.3 Å². The number of carbonyl (C=O) groups excluding carboxylic acids is 1. The summed E-state index contributed by atoms with van der Waals surface area (Å²) in [5.41, 5.74) is 2.42. The molecule has 1 saturated heterocycles. The van der Waals surface area contributed by atoms with Crippen molar-refractivity contribution in [3.8, 4) is 0 Å². The van der Waals surface area contributed by atoms with Gasteiger partial charge in [-0.1, -0.05) is 0 Å². The summed E-state index contributed by atoms with van der Waals surface area (Å²) >= 11 is 2.26. The number of nitrogens with zero attached hydrogens (tertiary/aromatic N) is 2. The maximum atomic E-state index is 15.0. The molecule has 0 aromatic heterocycles. The molecule has 2 aliphatic carbocycles. The molecule has 3 fully saturated rings. The zero-order chi connectivity index (χ0) is 24.4. The van der Waals surface area contributed by atoms with Gasteiger partial charge in [0.1, 0.15) is 5.69 Å². The second-order valence-electron chi connectivity index (χ2n) is 10.7. The molecule has 2 heterocycles. The summed E-state index contributed by atoms with van der Waals surface area (Å²) in [4.78, 5) is 19.9. The van der Waals surface area contributed by atoms with Crippen molar-refractivity contribution in [1.29, 1.82) is 0 Å². The highest BCUT2D eigenvalue weighted by atomic mass is 127. The maximum Gasteiger partial charge on any atom is 0.257 e. The van der Waals surface area contributed by atoms with Crippen molar-refractivity contribution in [2.45, 2.75) is 62.7 Å². The predicted octanol–water partition coefficient (Wildman–Crippen LogP) is 7.23. The Morgan fingerprint density at radius 1 is 0.971 bits per heavy atom. The minimum absolute atomic E-state index is 0.200. The van der Waals surface area contributed by atoms with E-state index in [4.69, 9.17) is 0 Å². The lowest BCUT2D eigenvalue weighted by Crippen LogP contribution is -2.36. The molecule has 1 amide bonds. The Balaban J connectivity index is 1.26. The van der Waals surface area contributed by atoms with Crippen LogP contribution < -0.4 is 10.2 Å². The Labute approximate surface area is 216 Å². The molecule has 1 N–H and O–H groups in total. The standard InChI is InChI=1S/C27H27F3IN3O/c28-21-15-18(14-20-23(21)32-16-26(20)5-7-27(29,30)8-6-26)33-24(35)19-2-1-17(31)13-22(19)34-11-9-25(3-4-25)10-12-34/h1-2,13-16H,3-12H2,(H,33,35). The van der Waals surface area contributed by atoms with Gasteiger partial charge in [-0.15, -0.1) is 0 Å². The normalized spacial score (nSPS) is 22.9. The molecule has 35 heavy (non-hydrogen) atoms. The van der Waals surface area contributed by atoms with Crippen LogP contribution in [0.15, 0.2) is 35.3 Å². The van der Waals surface area contributed by atoms with Crippen LogP contribution in [0.25, 0.3) is 0 Å². The van der Waals surface area contributed by atoms with Crippen molar-refractivity contribution >= 4 is 51.8 Å². The number of hydrogen-bond acceptors (Lipinski definition) is 3. The van der Waals surface area contributed by atoms with Gasteiger partial charge in [0.05, 0.1) is 11.3 Å². The number of alkyl halides is 2. The van der Waals surface area contributed by atoms with Gasteiger partial charge >= 0.3 is 0 Å². The highest BCUT2D eigenvalue weighted by Crippen LogP contribution is 2.54. The van der Waals surface area contributed by atoms with E-state index in [0.29, 0.717) is 22.2 Å². The highest BCUT2D eigenvalue weighted by molar-refractivity contribution is 14.1. The highest BCUT2D eigenvalue weighted by Gasteiger charge is 2.47. The third kappa shape index (κ3) is 4.25. The molecule has 0 unspecified atom stereocenters. The van der Waals surface area contributed by atoms with Gasteiger partial charge < -0.3 is 10.2 Å². The molecule has 6 rings (SSSR count). The van der Waals surface area contributed by atoms with Gasteiger partial charge in [-0.3, -0.25) is 9.79 Å². The van der Waals surface area contributed by atoms with Crippen molar-refractivity contribution in [1.82, 2.24) is 0 Å². The average molecular weight is 593 g/mol. The monoisotopic (exact) mass is 593 g/mol. The largest absolute Gasteiger partial charge is 0.371 e. The van der Waals surface area contributed by atoms with E-state index in [1.165, 1.54) is 18.9 Å². The van der Waals surface area contributed by atoms with Crippen LogP contribution in [-0.2, 0) is 5.41 Å². The molecule has 8 heteroatoms. The van der Waals surface area contributed by atoms with Gasteiger partial charge in [0.15, 0.2) is 5.82 Å². The number of aliphatic imine (C=N–C) groups is 1. The minimum atomic E-state index is -2.69. The fourth-order valence-corrected chi connectivity index (χ4v) is 6.43. The molecule has 2 spiro atoms. The number of hydrogen-bond donors (Lipinski definition) is 1. The molecule has 2 aromatic carbocycles. The Morgan fingerprint density at radius 3 is 2.37 bits per heavy atom. The van der Waals surface area contributed by atoms with Crippen molar-refractivity contribution in [3.63, 3.8) is 0 Å². The molecule has 2 aliphatic heterocycles. The summed E-state index contributed by atoms with van der Waals surface area (Å²) in [6, 6.07) is 8.76. The third-order valence-corrected chi connectivity index (χ3v) is 9.17. The van der Waals surface area contributed by atoms with Crippen LogP contribution in [0.5, 0.6) is 0 Å². The molecular formula is C27H27F3IN3O. The molecule has 4 nitrogen and oxygen atoms in total. The van der Waals surface area contributed by atoms with Gasteiger partial charge in [-0.05, 0) is 102 Å². The zero-order valence-corrected chi connectivity index (χ0v) is 21.5. The second kappa shape index (κ2) is 8.21. The van der Waals surface area contributed by atoms with E-state index in [0.717, 1.165) is 35.2 Å². The summed E-state index contributed by atoms with van der Waals surface area (Å²) in [6.07, 6.45) is 6.48. The Bertz CT molecular complexity index is 1220. The van der Waals surface area contributed by atoms with Crippen LogP contribution in [-0.4, -0.2) is 31.1 Å². The summed E-state index contributed by atoms with van der Waals surface area (Å²) in [7, 11) is 0. The number of rotatable bonds is 3. The van der Waals surface area contributed by atoms with Crippen molar-refractivity contribution in [2.24, 2.45) is 10.4 Å². The van der Waals surface area contributed by atoms with Crippen LogP contribution in [0, 0.1) is 14.8 Å². The number of piperidine rings is 1. The molecule has 0 bridgehead atoms. The first-order valence-corrected chi connectivity index (χ1v) is 13.4. The molecule has 2 saturated carbocycles. The fraction of sp³-hybridized carbons (Fsp3) is 0.481. The van der Waals surface area contributed by atoms with Gasteiger partial charge in [0, 0.05) is 46.8 Å². The van der Waals surface area contributed by atoms with E-state index in [1.54, 1.807) is 12.3 Å². The van der Waals surface area contributed by atoms with Gasteiger partial charge in [-0.25, -0.2) is 13.2 Å². The topological polar surface area (TPSA) is 44.7 Å². The van der Waals surface area contributed by atoms with Crippen LogP contribution in [0.3, 0.4) is 0 Å². The number of carbonyl (C=O) groups is 1. The number of anilines is 2. The van der Waals surface area contributed by atoms with Crippen LogP contribution in [0.4, 0.5) is 30.2 Å². The lowest BCUT2D eigenvalue weighted by atomic mass is 9.70. The Morgan fingerprint density at radius 2 is 1.69 bits per heavy atom. The van der Waals surface area contributed by atoms with Crippen molar-refractivity contribution in [3.05, 3.63) is 50.8 Å². The van der Waals surface area contributed by atoms with E-state index >= 15 is 0 Å². The molecule has 184 valence electrons. The first kappa shape index (κ1) is 23.3. The second-order valence-corrected chi connectivity index (χ2v) is 12.0. The van der Waals surface area contributed by atoms with E-state index < -0.39 is 17.2 Å². The lowest BCUT2D eigenvalue weighted by Gasteiger charge is -2.36. The number of nitrogens with one attached hydrogen (secondary N) is 1. The number of benzene rings is 2. The van der Waals surface area contributed by atoms with E-state index in [2.05, 4.69) is 37.8 Å². The molecular weight excluding hydrogens is 566 g/mol. The Hall–Kier alpha value is -2.10.